The Morgan fingerprint density at radius 3 is 3.06 bits per heavy atom. The Hall–Kier alpha value is -1.20. The summed E-state index contributed by atoms with van der Waals surface area (Å²) in [5.74, 6) is 0. The number of benzene rings is 1. The third-order valence-corrected chi connectivity index (χ3v) is 3.52. The van der Waals surface area contributed by atoms with Crippen molar-refractivity contribution < 1.29 is 5.11 Å². The average molecular weight is 252 g/mol. The molecule has 3 nitrogen and oxygen atoms in total. The minimum Gasteiger partial charge on any atom is -0.502 e. The van der Waals surface area contributed by atoms with Crippen molar-refractivity contribution >= 4 is 44.5 Å². The molecule has 0 radical (unpaired) electrons. The number of nitrogens with two attached hydrogens (primary N) is 1. The summed E-state index contributed by atoms with van der Waals surface area (Å²) in [5, 5.41) is 10.0. The molecule has 0 aliphatic carbocycles. The Bertz CT molecular complexity index is 522. The van der Waals surface area contributed by atoms with Gasteiger partial charge in [0.15, 0.2) is 5.05 Å². The number of thiocarbonyl (C=S) groups is 1. The van der Waals surface area contributed by atoms with Crippen LogP contribution in [0.2, 0.25) is 0 Å². The van der Waals surface area contributed by atoms with Gasteiger partial charge in [-0.25, -0.2) is 4.98 Å². The lowest BCUT2D eigenvalue weighted by molar-refractivity contribution is 0.543. The van der Waals surface area contributed by atoms with E-state index in [2.05, 4.69) is 17.2 Å². The van der Waals surface area contributed by atoms with Gasteiger partial charge in [-0.1, -0.05) is 0 Å². The van der Waals surface area contributed by atoms with Crippen LogP contribution < -0.4 is 5.73 Å². The monoisotopic (exact) mass is 252 g/mol. The molecule has 0 aliphatic heterocycles. The first-order valence-electron chi connectivity index (χ1n) is 5.02. The van der Waals surface area contributed by atoms with Crippen molar-refractivity contribution in [2.75, 3.05) is 5.73 Å². The largest absolute Gasteiger partial charge is 0.502 e. The summed E-state index contributed by atoms with van der Waals surface area (Å²) in [6.45, 7) is 0. The molecule has 3 N–H and O–H groups in total. The number of nitrogen functional groups attached to an aromatic ring is 1. The number of nitrogens with zero attached hydrogens (tertiary/aromatic N) is 1. The van der Waals surface area contributed by atoms with Crippen LogP contribution in [0.15, 0.2) is 18.2 Å². The number of aromatic nitrogens is 1. The van der Waals surface area contributed by atoms with Crippen LogP contribution in [0.5, 0.6) is 0 Å². The molecule has 0 saturated heterocycles. The Kier molecular flexibility index (Phi) is 3.36. The third kappa shape index (κ3) is 2.68. The summed E-state index contributed by atoms with van der Waals surface area (Å²) in [5.41, 5.74) is 7.45. The lowest BCUT2D eigenvalue weighted by atomic mass is 10.2. The summed E-state index contributed by atoms with van der Waals surface area (Å²) < 4.78 is 1.11. The number of aryl methyl sites for hydroxylation is 1. The number of thiazole rings is 1. The fourth-order valence-corrected chi connectivity index (χ4v) is 2.69. The van der Waals surface area contributed by atoms with Crippen LogP contribution in [0, 0.1) is 0 Å². The number of aliphatic hydroxyl groups is 1. The minimum absolute atomic E-state index is 0.0744. The topological polar surface area (TPSA) is 59.1 Å². The highest BCUT2D eigenvalue weighted by Crippen LogP contribution is 2.25. The normalized spacial score (nSPS) is 10.8. The van der Waals surface area contributed by atoms with Crippen molar-refractivity contribution in [1.82, 2.24) is 4.98 Å². The number of aliphatic hydroxyl groups excluding tert-OH is 1. The first kappa shape index (κ1) is 11.3. The van der Waals surface area contributed by atoms with Gasteiger partial charge in [0.1, 0.15) is 0 Å². The smallest absolute Gasteiger partial charge is 0.156 e. The van der Waals surface area contributed by atoms with E-state index in [0.29, 0.717) is 6.42 Å². The molecule has 0 amide bonds. The van der Waals surface area contributed by atoms with E-state index in [4.69, 9.17) is 10.8 Å². The van der Waals surface area contributed by atoms with E-state index in [0.717, 1.165) is 33.8 Å². The summed E-state index contributed by atoms with van der Waals surface area (Å²) >= 11 is 6.26. The summed E-state index contributed by atoms with van der Waals surface area (Å²) in [4.78, 5) is 4.49. The zero-order valence-electron chi connectivity index (χ0n) is 8.64. The number of anilines is 1. The van der Waals surface area contributed by atoms with Crippen LogP contribution in [0.25, 0.3) is 10.2 Å². The highest BCUT2D eigenvalue weighted by atomic mass is 32.1. The second kappa shape index (κ2) is 4.76. The molecule has 1 aromatic heterocycles. The van der Waals surface area contributed by atoms with Crippen molar-refractivity contribution in [2.24, 2.45) is 0 Å². The van der Waals surface area contributed by atoms with Crippen LogP contribution in [0.4, 0.5) is 5.69 Å². The maximum absolute atomic E-state index is 8.90. The van der Waals surface area contributed by atoms with Crippen LogP contribution in [0.1, 0.15) is 17.8 Å². The van der Waals surface area contributed by atoms with E-state index in [-0.39, 0.29) is 5.05 Å². The fourth-order valence-electron chi connectivity index (χ4n) is 1.49. The van der Waals surface area contributed by atoms with Crippen LogP contribution in [0.3, 0.4) is 0 Å². The Labute approximate surface area is 103 Å². The molecule has 1 heterocycles. The predicted molar refractivity (Wildman–Crippen MR) is 72.2 cm³/mol. The third-order valence-electron chi connectivity index (χ3n) is 2.24. The summed E-state index contributed by atoms with van der Waals surface area (Å²) in [6, 6.07) is 5.73. The maximum atomic E-state index is 8.90. The van der Waals surface area contributed by atoms with Gasteiger partial charge < -0.3 is 10.8 Å². The van der Waals surface area contributed by atoms with Gasteiger partial charge >= 0.3 is 0 Å². The van der Waals surface area contributed by atoms with Gasteiger partial charge in [0.05, 0.1) is 15.2 Å². The van der Waals surface area contributed by atoms with E-state index in [1.165, 1.54) is 0 Å². The zero-order chi connectivity index (χ0) is 11.5. The van der Waals surface area contributed by atoms with Crippen molar-refractivity contribution in [1.29, 1.82) is 0 Å². The molecule has 5 heteroatoms. The van der Waals surface area contributed by atoms with Gasteiger partial charge in [-0.05, 0) is 43.3 Å². The first-order valence-corrected chi connectivity index (χ1v) is 6.24. The van der Waals surface area contributed by atoms with Crippen LogP contribution in [-0.4, -0.2) is 15.1 Å². The molecular weight excluding hydrogens is 240 g/mol. The summed E-state index contributed by atoms with van der Waals surface area (Å²) in [6.07, 6.45) is 2.25. The Morgan fingerprint density at radius 2 is 2.31 bits per heavy atom. The van der Waals surface area contributed by atoms with E-state index in [1.54, 1.807) is 11.3 Å². The van der Waals surface area contributed by atoms with Crippen molar-refractivity contribution in [2.45, 2.75) is 19.3 Å². The van der Waals surface area contributed by atoms with E-state index >= 15 is 0 Å². The number of hydrogen-bond acceptors (Lipinski definition) is 4. The van der Waals surface area contributed by atoms with Gasteiger partial charge in [-0.3, -0.25) is 0 Å². The maximum Gasteiger partial charge on any atom is 0.156 e. The van der Waals surface area contributed by atoms with Gasteiger partial charge in [0, 0.05) is 12.1 Å². The Morgan fingerprint density at radius 1 is 1.50 bits per heavy atom. The lowest BCUT2D eigenvalue weighted by Gasteiger charge is -1.93. The quantitative estimate of drug-likeness (QED) is 0.648. The molecular formula is C11H12N2OS2. The van der Waals surface area contributed by atoms with Crippen molar-refractivity contribution in [3.63, 3.8) is 0 Å². The number of fused-ring (bicyclic) bond motifs is 1. The number of hydrogen-bond donors (Lipinski definition) is 2. The molecule has 84 valence electrons. The second-order valence-electron chi connectivity index (χ2n) is 3.58. The van der Waals surface area contributed by atoms with E-state index < -0.39 is 0 Å². The molecule has 2 rings (SSSR count). The molecule has 2 aromatic rings. The van der Waals surface area contributed by atoms with E-state index in [9.17, 15) is 0 Å². The van der Waals surface area contributed by atoms with Crippen molar-refractivity contribution in [3.05, 3.63) is 23.2 Å². The highest BCUT2D eigenvalue weighted by Gasteiger charge is 2.04. The van der Waals surface area contributed by atoms with E-state index in [1.807, 2.05) is 18.2 Å². The highest BCUT2D eigenvalue weighted by molar-refractivity contribution is 7.80. The lowest BCUT2D eigenvalue weighted by Crippen LogP contribution is -1.92. The minimum atomic E-state index is 0.0744. The molecule has 0 fully saturated rings. The molecule has 0 spiro atoms. The van der Waals surface area contributed by atoms with Gasteiger partial charge in [-0.15, -0.1) is 11.3 Å². The Balaban J connectivity index is 2.10. The van der Waals surface area contributed by atoms with Gasteiger partial charge in [0.2, 0.25) is 0 Å². The predicted octanol–water partition coefficient (Wildman–Crippen LogP) is 3.09. The second-order valence-corrected chi connectivity index (χ2v) is 5.17. The first-order chi connectivity index (χ1) is 7.65. The molecule has 0 unspecified atom stereocenters. The molecule has 16 heavy (non-hydrogen) atoms. The van der Waals surface area contributed by atoms with Gasteiger partial charge in [0.25, 0.3) is 0 Å². The van der Waals surface area contributed by atoms with Gasteiger partial charge in [-0.2, -0.15) is 0 Å². The molecule has 0 aliphatic rings. The molecule has 0 atom stereocenters. The standard InChI is InChI=1S/C11H12N2OS2/c12-7-4-5-8-9(6-7)16-10(13-8)2-1-3-11(14)15/h4-6H,1-3,12H2,(H,14,15). The zero-order valence-corrected chi connectivity index (χ0v) is 10.3. The average Bonchev–Trinajstić information content (AvgIpc) is 2.58. The van der Waals surface area contributed by atoms with Crippen molar-refractivity contribution in [3.8, 4) is 0 Å². The fraction of sp³-hybridized carbons (Fsp3) is 0.273. The van der Waals surface area contributed by atoms with Crippen LogP contribution >= 0.6 is 23.6 Å². The van der Waals surface area contributed by atoms with Crippen LogP contribution in [-0.2, 0) is 6.42 Å². The SMILES string of the molecule is Nc1ccc2nc(CCCC(O)=S)sc2c1. The molecule has 0 saturated carbocycles. The number of rotatable bonds is 4. The molecule has 1 aromatic carbocycles. The molecule has 0 bridgehead atoms. The summed E-state index contributed by atoms with van der Waals surface area (Å²) in [7, 11) is 0.